The first-order valence-corrected chi connectivity index (χ1v) is 10.7. The van der Waals surface area contributed by atoms with Gasteiger partial charge in [0.15, 0.2) is 0 Å². The number of carbonyl (C=O) groups excluding carboxylic acids is 1. The second-order valence-corrected chi connectivity index (χ2v) is 8.74. The molecule has 6 nitrogen and oxygen atoms in total. The van der Waals surface area contributed by atoms with Gasteiger partial charge in [0, 0.05) is 43.3 Å². The lowest BCUT2D eigenvalue weighted by atomic mass is 9.93. The fourth-order valence-electron chi connectivity index (χ4n) is 4.58. The number of nitrogens with zero attached hydrogens (tertiary/aromatic N) is 4. The molecule has 29 heavy (non-hydrogen) atoms. The molecule has 0 spiro atoms. The van der Waals surface area contributed by atoms with E-state index in [1.165, 1.54) is 19.3 Å². The zero-order valence-electron chi connectivity index (χ0n) is 17.4. The molecule has 0 amide bonds. The molecule has 2 aromatic heterocycles. The Morgan fingerprint density at radius 3 is 2.72 bits per heavy atom. The average Bonchev–Trinajstić information content (AvgIpc) is 3.34. The number of aryl methyl sites for hydroxylation is 2. The van der Waals surface area contributed by atoms with Gasteiger partial charge in [-0.25, -0.2) is 0 Å². The van der Waals surface area contributed by atoms with E-state index in [0.717, 1.165) is 39.9 Å². The molecule has 0 unspecified atom stereocenters. The van der Waals surface area contributed by atoms with Crippen molar-refractivity contribution in [3.05, 3.63) is 30.2 Å². The zero-order valence-corrected chi connectivity index (χ0v) is 17.4. The van der Waals surface area contributed by atoms with Crippen molar-refractivity contribution in [3.8, 4) is 16.9 Å². The second-order valence-electron chi connectivity index (χ2n) is 8.74. The lowest BCUT2D eigenvalue weighted by Gasteiger charge is -2.25. The number of ketones is 1. The van der Waals surface area contributed by atoms with Gasteiger partial charge in [-0.3, -0.25) is 14.2 Å². The summed E-state index contributed by atoms with van der Waals surface area (Å²) in [4.78, 5) is 11.7. The molecule has 152 valence electrons. The summed E-state index contributed by atoms with van der Waals surface area (Å²) in [6.07, 6.45) is 10.0. The normalized spacial score (nSPS) is 20.9. The topological polar surface area (TPSA) is 61.9 Å². The Balaban J connectivity index is 1.52. The summed E-state index contributed by atoms with van der Waals surface area (Å²) >= 11 is 0. The van der Waals surface area contributed by atoms with Gasteiger partial charge in [0.2, 0.25) is 0 Å². The third-order valence-electron chi connectivity index (χ3n) is 6.83. The van der Waals surface area contributed by atoms with E-state index >= 15 is 0 Å². The summed E-state index contributed by atoms with van der Waals surface area (Å²) in [5, 5.41) is 10.3. The molecule has 0 N–H and O–H groups in total. The molecule has 6 heteroatoms. The molecule has 2 heterocycles. The summed E-state index contributed by atoms with van der Waals surface area (Å²) in [6.45, 7) is 4.16. The molecule has 0 aliphatic heterocycles. The van der Waals surface area contributed by atoms with Gasteiger partial charge in [-0.05, 0) is 57.2 Å². The predicted molar refractivity (Wildman–Crippen MR) is 112 cm³/mol. The third kappa shape index (κ3) is 3.24. The van der Waals surface area contributed by atoms with Crippen LogP contribution in [0.15, 0.2) is 24.5 Å². The number of carbonyl (C=O) groups is 1. The Bertz CT molecular complexity index is 1080. The summed E-state index contributed by atoms with van der Waals surface area (Å²) < 4.78 is 10.5. The zero-order chi connectivity index (χ0) is 20.1. The fraction of sp³-hybridized carbons (Fsp3) is 0.522. The molecule has 0 bridgehead atoms. The van der Waals surface area contributed by atoms with Gasteiger partial charge in [0.25, 0.3) is 0 Å². The van der Waals surface area contributed by atoms with Gasteiger partial charge in [0.05, 0.1) is 29.2 Å². The number of fused-ring (bicyclic) bond motifs is 1. The highest BCUT2D eigenvalue weighted by atomic mass is 16.5. The molecule has 5 rings (SSSR count). The Hall–Kier alpha value is -2.63. The van der Waals surface area contributed by atoms with Crippen LogP contribution >= 0.6 is 0 Å². The van der Waals surface area contributed by atoms with Crippen LogP contribution in [0.2, 0.25) is 0 Å². The summed E-state index contributed by atoms with van der Waals surface area (Å²) in [7, 11) is 1.96. The van der Waals surface area contributed by atoms with E-state index < -0.39 is 0 Å². The minimum atomic E-state index is -0.00259. The molecule has 1 aromatic carbocycles. The average molecular weight is 393 g/mol. The first-order valence-electron chi connectivity index (χ1n) is 10.7. The minimum Gasteiger partial charge on any atom is -0.490 e. The van der Waals surface area contributed by atoms with Crippen molar-refractivity contribution in [1.82, 2.24) is 19.6 Å². The SMILES string of the molecule is Cc1c2c(O[C@H](C)[C@H]3CCC(=O)C3)cc(-c3cnn(C4CCC4)c3)cc2nn1C. The Labute approximate surface area is 170 Å². The molecule has 2 aliphatic rings. The molecule has 0 radical (unpaired) electrons. The van der Waals surface area contributed by atoms with Crippen molar-refractivity contribution in [2.75, 3.05) is 0 Å². The van der Waals surface area contributed by atoms with E-state index in [0.29, 0.717) is 30.6 Å². The number of aromatic nitrogens is 4. The van der Waals surface area contributed by atoms with Crippen LogP contribution < -0.4 is 4.74 Å². The van der Waals surface area contributed by atoms with Crippen molar-refractivity contribution in [2.45, 2.75) is 64.5 Å². The summed E-state index contributed by atoms with van der Waals surface area (Å²) in [6, 6.07) is 4.79. The second kappa shape index (κ2) is 7.01. The minimum absolute atomic E-state index is 0.00259. The van der Waals surface area contributed by atoms with Crippen molar-refractivity contribution in [1.29, 1.82) is 0 Å². The van der Waals surface area contributed by atoms with E-state index in [1.807, 2.05) is 17.9 Å². The molecular formula is C23H28N4O2. The van der Waals surface area contributed by atoms with Gasteiger partial charge in [-0.2, -0.15) is 10.2 Å². The molecule has 2 aliphatic carbocycles. The fourth-order valence-corrected chi connectivity index (χ4v) is 4.58. The highest BCUT2D eigenvalue weighted by Gasteiger charge is 2.29. The van der Waals surface area contributed by atoms with E-state index in [2.05, 4.69) is 42.0 Å². The van der Waals surface area contributed by atoms with Crippen LogP contribution in [-0.2, 0) is 11.8 Å². The number of hydrogen-bond acceptors (Lipinski definition) is 4. The van der Waals surface area contributed by atoms with Crippen LogP contribution in [0, 0.1) is 12.8 Å². The molecule has 2 atom stereocenters. The lowest BCUT2D eigenvalue weighted by Crippen LogP contribution is -2.22. The molecule has 2 saturated carbocycles. The maximum Gasteiger partial charge on any atom is 0.133 e. The van der Waals surface area contributed by atoms with Crippen LogP contribution in [0.4, 0.5) is 0 Å². The number of rotatable bonds is 5. The smallest absolute Gasteiger partial charge is 0.133 e. The largest absolute Gasteiger partial charge is 0.490 e. The van der Waals surface area contributed by atoms with Crippen LogP contribution in [0.25, 0.3) is 22.0 Å². The van der Waals surface area contributed by atoms with Gasteiger partial charge >= 0.3 is 0 Å². The highest BCUT2D eigenvalue weighted by Crippen LogP contribution is 2.38. The van der Waals surface area contributed by atoms with E-state index in [1.54, 1.807) is 0 Å². The molecule has 3 aromatic rings. The maximum atomic E-state index is 11.7. The Kier molecular flexibility index (Phi) is 4.45. The standard InChI is InChI=1S/C23H28N4O2/c1-14-23-21(25-26(14)3)10-17(18-12-24-27(13-18)19-5-4-6-19)11-22(23)29-15(2)16-7-8-20(28)9-16/h10-13,15-16,19H,4-9H2,1-3H3/t15-,16+/m1/s1. The van der Waals surface area contributed by atoms with E-state index in [9.17, 15) is 4.79 Å². The molecular weight excluding hydrogens is 364 g/mol. The number of benzene rings is 1. The van der Waals surface area contributed by atoms with Crippen LogP contribution in [-0.4, -0.2) is 31.4 Å². The van der Waals surface area contributed by atoms with Gasteiger partial charge in [-0.1, -0.05) is 0 Å². The van der Waals surface area contributed by atoms with Crippen LogP contribution in [0.5, 0.6) is 5.75 Å². The van der Waals surface area contributed by atoms with Crippen LogP contribution in [0.3, 0.4) is 0 Å². The molecule has 2 fully saturated rings. The van der Waals surface area contributed by atoms with Crippen molar-refractivity contribution in [3.63, 3.8) is 0 Å². The predicted octanol–water partition coefficient (Wildman–Crippen LogP) is 4.61. The van der Waals surface area contributed by atoms with Gasteiger partial charge < -0.3 is 4.74 Å². The Morgan fingerprint density at radius 1 is 1.21 bits per heavy atom. The number of hydrogen-bond donors (Lipinski definition) is 0. The van der Waals surface area contributed by atoms with E-state index in [4.69, 9.17) is 9.84 Å². The first kappa shape index (κ1) is 18.4. The van der Waals surface area contributed by atoms with Gasteiger partial charge in [-0.15, -0.1) is 0 Å². The van der Waals surface area contributed by atoms with Crippen molar-refractivity contribution >= 4 is 16.7 Å². The highest BCUT2D eigenvalue weighted by molar-refractivity contribution is 5.92. The van der Waals surface area contributed by atoms with Gasteiger partial charge in [0.1, 0.15) is 11.5 Å². The number of ether oxygens (including phenoxy) is 1. The van der Waals surface area contributed by atoms with E-state index in [-0.39, 0.29) is 6.10 Å². The third-order valence-corrected chi connectivity index (χ3v) is 6.83. The Morgan fingerprint density at radius 2 is 2.03 bits per heavy atom. The van der Waals surface area contributed by atoms with Crippen molar-refractivity contribution in [2.24, 2.45) is 13.0 Å². The van der Waals surface area contributed by atoms with Crippen molar-refractivity contribution < 1.29 is 9.53 Å². The maximum absolute atomic E-state index is 11.7. The van der Waals surface area contributed by atoms with Crippen LogP contribution in [0.1, 0.15) is 57.2 Å². The summed E-state index contributed by atoms with van der Waals surface area (Å²) in [5.74, 6) is 1.50. The molecule has 0 saturated heterocycles. The summed E-state index contributed by atoms with van der Waals surface area (Å²) in [5.41, 5.74) is 4.19. The monoisotopic (exact) mass is 392 g/mol. The lowest BCUT2D eigenvalue weighted by molar-refractivity contribution is -0.117. The first-order chi connectivity index (χ1) is 14.0. The number of Topliss-reactive ketones (excluding diaryl/α,β-unsaturated/α-hetero) is 1. The quantitative estimate of drug-likeness (QED) is 0.636.